The van der Waals surface area contributed by atoms with Crippen LogP contribution in [0.5, 0.6) is 11.5 Å². The maximum atomic E-state index is 11.9. The molecule has 1 aromatic rings. The van der Waals surface area contributed by atoms with Crippen molar-refractivity contribution in [2.24, 2.45) is 0 Å². The third kappa shape index (κ3) is 2.66. The molecule has 19 heavy (non-hydrogen) atoms. The Morgan fingerprint density at radius 3 is 2.42 bits per heavy atom. The molecule has 1 heterocycles. The van der Waals surface area contributed by atoms with Crippen molar-refractivity contribution in [3.63, 3.8) is 0 Å². The van der Waals surface area contributed by atoms with Crippen molar-refractivity contribution in [1.82, 2.24) is 0 Å². The summed E-state index contributed by atoms with van der Waals surface area (Å²) in [5.41, 5.74) is 0.561. The lowest BCUT2D eigenvalue weighted by Crippen LogP contribution is -2.39. The van der Waals surface area contributed by atoms with Crippen molar-refractivity contribution in [2.75, 3.05) is 25.7 Å². The molecule has 0 aromatic heterocycles. The summed E-state index contributed by atoms with van der Waals surface area (Å²) in [6.45, 7) is 0.344. The number of hydrogen-bond donors (Lipinski definition) is 0. The van der Waals surface area contributed by atoms with Gasteiger partial charge < -0.3 is 14.4 Å². The number of amides is 1. The van der Waals surface area contributed by atoms with Crippen molar-refractivity contribution in [3.05, 3.63) is 17.2 Å². The van der Waals surface area contributed by atoms with Crippen LogP contribution in [0.3, 0.4) is 0 Å². The van der Waals surface area contributed by atoms with Gasteiger partial charge in [-0.25, -0.2) is 0 Å². The van der Waals surface area contributed by atoms with E-state index < -0.39 is 0 Å². The summed E-state index contributed by atoms with van der Waals surface area (Å²) in [4.78, 5) is 24.7. The van der Waals surface area contributed by atoms with Crippen molar-refractivity contribution in [2.45, 2.75) is 12.8 Å². The van der Waals surface area contributed by atoms with Crippen LogP contribution in [0, 0.1) is 0 Å². The summed E-state index contributed by atoms with van der Waals surface area (Å²) < 4.78 is 10.4. The topological polar surface area (TPSA) is 55.8 Å². The molecule has 0 spiro atoms. The number of ether oxygens (including phenoxy) is 2. The number of piperidine rings is 1. The number of rotatable bonds is 3. The quantitative estimate of drug-likeness (QED) is 0.797. The molecule has 1 aliphatic rings. The van der Waals surface area contributed by atoms with Crippen LogP contribution in [-0.4, -0.2) is 32.5 Å². The molecule has 2 rings (SSSR count). The maximum absolute atomic E-state index is 11.9. The molecule has 1 amide bonds. The highest BCUT2D eigenvalue weighted by Gasteiger charge is 2.27. The number of hydrogen-bond acceptors (Lipinski definition) is 4. The van der Waals surface area contributed by atoms with Gasteiger partial charge >= 0.3 is 0 Å². The van der Waals surface area contributed by atoms with Crippen LogP contribution in [0.15, 0.2) is 12.1 Å². The SMILES string of the molecule is COc1cc(OC)c(N2CCC(=O)CC2=O)cc1Cl. The monoisotopic (exact) mass is 283 g/mol. The molecular weight excluding hydrogens is 270 g/mol. The third-order valence-corrected chi connectivity index (χ3v) is 3.30. The Kier molecular flexibility index (Phi) is 3.95. The zero-order valence-corrected chi connectivity index (χ0v) is 11.5. The molecule has 0 radical (unpaired) electrons. The minimum Gasteiger partial charge on any atom is -0.495 e. The van der Waals surface area contributed by atoms with Gasteiger partial charge in [0.2, 0.25) is 5.91 Å². The van der Waals surface area contributed by atoms with E-state index in [1.807, 2.05) is 0 Å². The fourth-order valence-corrected chi connectivity index (χ4v) is 2.26. The summed E-state index contributed by atoms with van der Waals surface area (Å²) in [5.74, 6) is 0.683. The fraction of sp³-hybridized carbons (Fsp3) is 0.385. The van der Waals surface area contributed by atoms with Crippen molar-refractivity contribution >= 4 is 29.0 Å². The minimum absolute atomic E-state index is 0.0418. The molecule has 0 unspecified atom stereocenters. The number of ketones is 1. The number of halogens is 1. The average Bonchev–Trinajstić information content (AvgIpc) is 2.38. The molecule has 0 bridgehead atoms. The van der Waals surface area contributed by atoms with E-state index in [1.54, 1.807) is 12.1 Å². The van der Waals surface area contributed by atoms with Gasteiger partial charge in [-0.15, -0.1) is 0 Å². The maximum Gasteiger partial charge on any atom is 0.234 e. The number of carbonyl (C=O) groups excluding carboxylic acids is 2. The van der Waals surface area contributed by atoms with Crippen LogP contribution < -0.4 is 14.4 Å². The highest BCUT2D eigenvalue weighted by molar-refractivity contribution is 6.32. The molecule has 1 aliphatic heterocycles. The summed E-state index contributed by atoms with van der Waals surface area (Å²) in [6, 6.07) is 3.24. The fourth-order valence-electron chi connectivity index (χ4n) is 2.02. The summed E-state index contributed by atoms with van der Waals surface area (Å²) in [5, 5.41) is 0.392. The van der Waals surface area contributed by atoms with Gasteiger partial charge in [-0.05, 0) is 6.07 Å². The summed E-state index contributed by atoms with van der Waals surface area (Å²) >= 11 is 6.07. The van der Waals surface area contributed by atoms with E-state index in [-0.39, 0.29) is 18.1 Å². The first kappa shape index (κ1) is 13.7. The van der Waals surface area contributed by atoms with E-state index in [0.29, 0.717) is 35.2 Å². The lowest BCUT2D eigenvalue weighted by molar-refractivity contribution is -0.128. The number of methoxy groups -OCH3 is 2. The van der Waals surface area contributed by atoms with Crippen LogP contribution in [0.4, 0.5) is 5.69 Å². The van der Waals surface area contributed by atoms with Gasteiger partial charge in [0.15, 0.2) is 0 Å². The largest absolute Gasteiger partial charge is 0.495 e. The van der Waals surface area contributed by atoms with Crippen LogP contribution >= 0.6 is 11.6 Å². The van der Waals surface area contributed by atoms with Crippen LogP contribution in [0.25, 0.3) is 0 Å². The first-order chi connectivity index (χ1) is 9.06. The highest BCUT2D eigenvalue weighted by atomic mass is 35.5. The Balaban J connectivity index is 2.41. The molecule has 1 aromatic carbocycles. The molecule has 0 aliphatic carbocycles. The minimum atomic E-state index is -0.240. The van der Waals surface area contributed by atoms with E-state index in [2.05, 4.69) is 0 Å². The Labute approximate surface area is 116 Å². The summed E-state index contributed by atoms with van der Waals surface area (Å²) in [6.07, 6.45) is 0.269. The van der Waals surface area contributed by atoms with E-state index in [0.717, 1.165) is 0 Å². The van der Waals surface area contributed by atoms with E-state index in [9.17, 15) is 9.59 Å². The van der Waals surface area contributed by atoms with Crippen LogP contribution in [0.2, 0.25) is 5.02 Å². The van der Waals surface area contributed by atoms with Crippen molar-refractivity contribution in [3.8, 4) is 11.5 Å². The average molecular weight is 284 g/mol. The number of Topliss-reactive ketones (excluding diaryl/α,β-unsaturated/α-hetero) is 1. The van der Waals surface area contributed by atoms with Gasteiger partial charge in [0.25, 0.3) is 0 Å². The van der Waals surface area contributed by atoms with E-state index in [4.69, 9.17) is 21.1 Å². The summed E-state index contributed by atoms with van der Waals surface area (Å²) in [7, 11) is 3.01. The number of benzene rings is 1. The van der Waals surface area contributed by atoms with Gasteiger partial charge in [0.05, 0.1) is 31.4 Å². The predicted molar refractivity (Wildman–Crippen MR) is 71.2 cm³/mol. The molecule has 0 N–H and O–H groups in total. The van der Waals surface area contributed by atoms with Crippen molar-refractivity contribution < 1.29 is 19.1 Å². The standard InChI is InChI=1S/C13H14ClNO4/c1-18-11-7-12(19-2)10(6-9(11)14)15-4-3-8(16)5-13(15)17/h6-7H,3-5H2,1-2H3. The Bertz CT molecular complexity index is 530. The molecule has 1 fully saturated rings. The third-order valence-electron chi connectivity index (χ3n) is 3.01. The second-order valence-electron chi connectivity index (χ2n) is 4.17. The Morgan fingerprint density at radius 2 is 1.84 bits per heavy atom. The Morgan fingerprint density at radius 1 is 1.16 bits per heavy atom. The van der Waals surface area contributed by atoms with Crippen LogP contribution in [0.1, 0.15) is 12.8 Å². The second kappa shape index (κ2) is 5.48. The molecular formula is C13H14ClNO4. The van der Waals surface area contributed by atoms with E-state index >= 15 is 0 Å². The van der Waals surface area contributed by atoms with E-state index in [1.165, 1.54) is 19.1 Å². The lowest BCUT2D eigenvalue weighted by atomic mass is 10.1. The number of carbonyl (C=O) groups is 2. The smallest absolute Gasteiger partial charge is 0.234 e. The first-order valence-corrected chi connectivity index (χ1v) is 6.18. The molecule has 1 saturated heterocycles. The van der Waals surface area contributed by atoms with Gasteiger partial charge in [-0.3, -0.25) is 9.59 Å². The van der Waals surface area contributed by atoms with Gasteiger partial charge in [0.1, 0.15) is 17.3 Å². The molecule has 6 heteroatoms. The molecule has 102 valence electrons. The number of anilines is 1. The van der Waals surface area contributed by atoms with Crippen LogP contribution in [-0.2, 0) is 9.59 Å². The Hall–Kier alpha value is -1.75. The molecule has 0 saturated carbocycles. The lowest BCUT2D eigenvalue weighted by Gasteiger charge is -2.28. The first-order valence-electron chi connectivity index (χ1n) is 5.80. The highest BCUT2D eigenvalue weighted by Crippen LogP contribution is 2.38. The van der Waals surface area contributed by atoms with Gasteiger partial charge in [0, 0.05) is 19.0 Å². The molecule has 0 atom stereocenters. The number of nitrogens with zero attached hydrogens (tertiary/aromatic N) is 1. The van der Waals surface area contributed by atoms with Gasteiger partial charge in [-0.2, -0.15) is 0 Å². The van der Waals surface area contributed by atoms with Crippen molar-refractivity contribution in [1.29, 1.82) is 0 Å². The second-order valence-corrected chi connectivity index (χ2v) is 4.58. The normalized spacial score (nSPS) is 15.6. The van der Waals surface area contributed by atoms with Gasteiger partial charge in [-0.1, -0.05) is 11.6 Å². The molecule has 5 nitrogen and oxygen atoms in total. The predicted octanol–water partition coefficient (Wildman–Crippen LogP) is 2.05. The zero-order chi connectivity index (χ0) is 14.0. The zero-order valence-electron chi connectivity index (χ0n) is 10.7.